The summed E-state index contributed by atoms with van der Waals surface area (Å²) in [6.45, 7) is 11.2. The second kappa shape index (κ2) is 16.9. The Morgan fingerprint density at radius 2 is 0.921 bits per heavy atom. The molecule has 0 aliphatic heterocycles. The van der Waals surface area contributed by atoms with Crippen molar-refractivity contribution < 1.29 is 51.0 Å². The molecule has 0 fully saturated rings. The van der Waals surface area contributed by atoms with Gasteiger partial charge < -0.3 is 45.1 Å². The van der Waals surface area contributed by atoms with Crippen LogP contribution in [0.4, 0.5) is 0 Å². The monoisotopic (exact) mass is 616 g/mol. The smallest absolute Gasteiger partial charge is 1.00 e. The maximum Gasteiger partial charge on any atom is 2.00 e. The third-order valence-corrected chi connectivity index (χ3v) is 6.43. The van der Waals surface area contributed by atoms with Crippen molar-refractivity contribution in [1.82, 2.24) is 0 Å². The summed E-state index contributed by atoms with van der Waals surface area (Å²) in [5.74, 6) is 0. The zero-order valence-corrected chi connectivity index (χ0v) is 26.4. The predicted molar refractivity (Wildman–Crippen MR) is 157 cm³/mol. The van der Waals surface area contributed by atoms with Crippen LogP contribution in [-0.2, 0) is 39.0 Å². The number of hydrogen-bond donors (Lipinski definition) is 0. The van der Waals surface area contributed by atoms with Crippen LogP contribution in [0.3, 0.4) is 0 Å². The maximum atomic E-state index is 3.38. The summed E-state index contributed by atoms with van der Waals surface area (Å²) in [5.41, 5.74) is 2.93. The molecule has 0 nitrogen and oxygen atoms in total. The average molecular weight is 619 g/mol. The zero-order chi connectivity index (χ0) is 24.6. The normalized spacial score (nSPS) is 10.0. The first-order valence-electron chi connectivity index (χ1n) is 12.9. The molecule has 0 spiro atoms. The number of rotatable bonds is 4. The van der Waals surface area contributed by atoms with Gasteiger partial charge in [-0.25, -0.2) is 0 Å². The molecule has 0 saturated carbocycles. The molecule has 0 bridgehead atoms. The Labute approximate surface area is 260 Å². The molecule has 3 heteroatoms. The molecule has 0 N–H and O–H groups in total. The van der Waals surface area contributed by atoms with Gasteiger partial charge in [0, 0.05) is 0 Å². The van der Waals surface area contributed by atoms with Crippen molar-refractivity contribution in [3.8, 4) is 0 Å². The largest absolute Gasteiger partial charge is 2.00 e. The Morgan fingerprint density at radius 3 is 1.29 bits per heavy atom. The maximum absolute atomic E-state index is 3.38. The zero-order valence-electron chi connectivity index (χ0n) is 22.4. The summed E-state index contributed by atoms with van der Waals surface area (Å²) < 4.78 is 0. The van der Waals surface area contributed by atoms with Gasteiger partial charge in [0.25, 0.3) is 0 Å². The summed E-state index contributed by atoms with van der Waals surface area (Å²) in [4.78, 5) is 0. The van der Waals surface area contributed by atoms with Crippen LogP contribution < -0.4 is 24.8 Å². The SMILES string of the molecule is CCCc1cc2c(ccc3ccccc32)[cH-]1.CCCc1cc2c(ccc3ccccc32)[cH-]1.[CH2-]C[CH2-].[Cl-].[Cl-].[Zr+2]. The van der Waals surface area contributed by atoms with Crippen LogP contribution in [0.2, 0.25) is 0 Å². The van der Waals surface area contributed by atoms with Crippen molar-refractivity contribution in [2.45, 2.75) is 46.0 Å². The molecular weight excluding hydrogens is 583 g/mol. The van der Waals surface area contributed by atoms with E-state index in [-0.39, 0.29) is 51.0 Å². The molecule has 0 heterocycles. The van der Waals surface area contributed by atoms with E-state index in [9.17, 15) is 0 Å². The van der Waals surface area contributed by atoms with Crippen LogP contribution in [-0.4, -0.2) is 0 Å². The van der Waals surface area contributed by atoms with E-state index in [0.29, 0.717) is 0 Å². The fourth-order valence-electron chi connectivity index (χ4n) is 4.92. The van der Waals surface area contributed by atoms with Crippen molar-refractivity contribution in [2.75, 3.05) is 0 Å². The standard InChI is InChI=1S/2C16H15.C3H6.2ClH.Zr/c2*1-2-5-12-10-14-9-8-13-6-3-4-7-15(13)16(14)11-12;1-3-2;;;/h2*3-4,6-11H,2,5H2,1H3;1-3H2;2*1H;/q2*-1;-2;;;+2/p-2. The molecule has 0 aliphatic carbocycles. The number of aryl methyl sites for hydroxylation is 2. The Bertz CT molecular complexity index is 1410. The van der Waals surface area contributed by atoms with Gasteiger partial charge in [-0.15, -0.1) is 56.9 Å². The van der Waals surface area contributed by atoms with Crippen molar-refractivity contribution in [3.05, 3.63) is 122 Å². The Kier molecular flexibility index (Phi) is 15.2. The molecule has 0 amide bonds. The van der Waals surface area contributed by atoms with Gasteiger partial charge in [-0.2, -0.15) is 12.1 Å². The van der Waals surface area contributed by atoms with E-state index < -0.39 is 0 Å². The topological polar surface area (TPSA) is 0 Å². The first-order chi connectivity index (χ1) is 17.2. The summed E-state index contributed by atoms with van der Waals surface area (Å²) in [5, 5.41) is 11.0. The van der Waals surface area contributed by atoms with Gasteiger partial charge in [-0.1, -0.05) is 98.1 Å². The molecule has 198 valence electrons. The fraction of sp³-hybridized carbons (Fsp3) is 0.200. The summed E-state index contributed by atoms with van der Waals surface area (Å²) >= 11 is 0. The van der Waals surface area contributed by atoms with E-state index in [1.165, 1.54) is 79.9 Å². The first kappa shape index (κ1) is 34.1. The van der Waals surface area contributed by atoms with Crippen molar-refractivity contribution >= 4 is 43.1 Å². The molecule has 38 heavy (non-hydrogen) atoms. The van der Waals surface area contributed by atoms with Crippen LogP contribution in [0, 0.1) is 13.8 Å². The minimum Gasteiger partial charge on any atom is -1.00 e. The molecular formula is C35H36Cl2Zr-4. The van der Waals surface area contributed by atoms with Gasteiger partial charge in [0.2, 0.25) is 0 Å². The molecule has 0 unspecified atom stereocenters. The number of hydrogen-bond acceptors (Lipinski definition) is 0. The van der Waals surface area contributed by atoms with Crippen LogP contribution in [0.5, 0.6) is 0 Å². The fourth-order valence-corrected chi connectivity index (χ4v) is 4.92. The third-order valence-electron chi connectivity index (χ3n) is 6.43. The van der Waals surface area contributed by atoms with Gasteiger partial charge in [0.15, 0.2) is 0 Å². The second-order valence-corrected chi connectivity index (χ2v) is 9.16. The van der Waals surface area contributed by atoms with E-state index >= 15 is 0 Å². The van der Waals surface area contributed by atoms with Crippen LogP contribution in [0.25, 0.3) is 43.1 Å². The van der Waals surface area contributed by atoms with E-state index in [4.69, 9.17) is 0 Å². The van der Waals surface area contributed by atoms with E-state index in [1.54, 1.807) is 0 Å². The van der Waals surface area contributed by atoms with Gasteiger partial charge in [-0.05, 0) is 23.6 Å². The molecule has 0 radical (unpaired) electrons. The van der Waals surface area contributed by atoms with E-state index in [0.717, 1.165) is 6.42 Å². The van der Waals surface area contributed by atoms with Crippen molar-refractivity contribution in [3.63, 3.8) is 0 Å². The second-order valence-electron chi connectivity index (χ2n) is 9.16. The minimum absolute atomic E-state index is 0. The Hall–Kier alpha value is -1.92. The molecule has 0 atom stereocenters. The van der Waals surface area contributed by atoms with Gasteiger partial charge >= 0.3 is 26.2 Å². The van der Waals surface area contributed by atoms with Crippen molar-refractivity contribution in [2.24, 2.45) is 0 Å². The Morgan fingerprint density at radius 1 is 0.553 bits per heavy atom. The summed E-state index contributed by atoms with van der Waals surface area (Å²) in [6.07, 6.45) is 5.55. The third kappa shape index (κ3) is 8.05. The first-order valence-corrected chi connectivity index (χ1v) is 12.9. The van der Waals surface area contributed by atoms with Crippen LogP contribution in [0.1, 0.15) is 44.2 Å². The average Bonchev–Trinajstić information content (AvgIpc) is 3.49. The predicted octanol–water partition coefficient (Wildman–Crippen LogP) is 4.38. The molecule has 6 rings (SSSR count). The van der Waals surface area contributed by atoms with Crippen LogP contribution in [0.15, 0.2) is 97.1 Å². The molecule has 0 aliphatic rings. The molecule has 0 aromatic heterocycles. The number of fused-ring (bicyclic) bond motifs is 6. The quantitative estimate of drug-likeness (QED) is 0.258. The van der Waals surface area contributed by atoms with E-state index in [2.05, 4.69) is 125 Å². The molecule has 6 aromatic rings. The van der Waals surface area contributed by atoms with Gasteiger partial charge in [0.05, 0.1) is 0 Å². The van der Waals surface area contributed by atoms with E-state index in [1.807, 2.05) is 0 Å². The minimum atomic E-state index is 0. The molecule has 0 saturated heterocycles. The molecule has 6 aromatic carbocycles. The van der Waals surface area contributed by atoms with Gasteiger partial charge in [0.1, 0.15) is 0 Å². The van der Waals surface area contributed by atoms with Crippen molar-refractivity contribution in [1.29, 1.82) is 0 Å². The Balaban J connectivity index is 0.000000322. The summed E-state index contributed by atoms with van der Waals surface area (Å²) in [7, 11) is 0. The summed E-state index contributed by atoms with van der Waals surface area (Å²) in [6, 6.07) is 35.5. The number of halogens is 2. The van der Waals surface area contributed by atoms with Crippen LogP contribution >= 0.6 is 0 Å². The van der Waals surface area contributed by atoms with Gasteiger partial charge in [-0.3, -0.25) is 0 Å². The number of benzene rings is 4.